The second-order valence-corrected chi connectivity index (χ2v) is 11.0. The van der Waals surface area contributed by atoms with E-state index in [1.165, 1.54) is 34.7 Å². The van der Waals surface area contributed by atoms with E-state index in [0.717, 1.165) is 12.1 Å². The largest absolute Gasteiger partial charge is 0.379 e. The minimum Gasteiger partial charge on any atom is -0.379 e. The van der Waals surface area contributed by atoms with Crippen LogP contribution in [0.5, 0.6) is 0 Å². The number of rotatable bonds is 6. The molecule has 6 nitrogen and oxygen atoms in total. The fourth-order valence-corrected chi connectivity index (χ4v) is 5.58. The minimum atomic E-state index is -3.76. The Bertz CT molecular complexity index is 1240. The van der Waals surface area contributed by atoms with Crippen molar-refractivity contribution in [2.75, 3.05) is 51.7 Å². The summed E-state index contributed by atoms with van der Waals surface area (Å²) in [4.78, 5) is 15.3. The third-order valence-electron chi connectivity index (χ3n) is 6.25. The van der Waals surface area contributed by atoms with Crippen LogP contribution >= 0.6 is 0 Å². The van der Waals surface area contributed by atoms with Crippen LogP contribution in [0.1, 0.15) is 16.7 Å². The van der Waals surface area contributed by atoms with Gasteiger partial charge in [-0.3, -0.25) is 9.69 Å². The van der Waals surface area contributed by atoms with Gasteiger partial charge in [0.05, 0.1) is 19.0 Å². The van der Waals surface area contributed by atoms with Crippen LogP contribution in [0.4, 0.5) is 13.2 Å². The molecule has 4 rings (SSSR count). The maximum atomic E-state index is 13.8. The normalized spacial score (nSPS) is 20.4. The second-order valence-electron chi connectivity index (χ2n) is 8.89. The number of Topliss-reactive ketones (excluding diaryl/α,β-unsaturated/α-hetero) is 1. The van der Waals surface area contributed by atoms with E-state index in [2.05, 4.69) is 0 Å². The van der Waals surface area contributed by atoms with Crippen LogP contribution in [0.25, 0.3) is 12.2 Å². The van der Waals surface area contributed by atoms with E-state index in [1.807, 2.05) is 4.90 Å². The lowest BCUT2D eigenvalue weighted by Gasteiger charge is -2.31. The van der Waals surface area contributed by atoms with Gasteiger partial charge in [-0.15, -0.1) is 0 Å². The molecule has 0 aromatic heterocycles. The van der Waals surface area contributed by atoms with Crippen LogP contribution in [-0.2, 0) is 19.6 Å². The molecule has 2 aromatic rings. The van der Waals surface area contributed by atoms with Crippen molar-refractivity contribution < 1.29 is 31.1 Å². The summed E-state index contributed by atoms with van der Waals surface area (Å²) in [5.41, 5.74) is 1.52. The van der Waals surface area contributed by atoms with E-state index in [4.69, 9.17) is 4.74 Å². The van der Waals surface area contributed by atoms with Gasteiger partial charge in [-0.1, -0.05) is 12.1 Å². The number of halogens is 3. The molecule has 0 radical (unpaired) electrons. The predicted octanol–water partition coefficient (Wildman–Crippen LogP) is 3.43. The Morgan fingerprint density at radius 1 is 0.889 bits per heavy atom. The van der Waals surface area contributed by atoms with Gasteiger partial charge in [0, 0.05) is 43.9 Å². The molecule has 36 heavy (non-hydrogen) atoms. The number of sulfonamides is 1. The molecular weight excluding hydrogens is 493 g/mol. The number of hydrogen-bond donors (Lipinski definition) is 0. The number of carbonyl (C=O) groups excluding carboxylic acids is 1. The molecule has 192 valence electrons. The Morgan fingerprint density at radius 2 is 1.47 bits per heavy atom. The number of hydrogen-bond acceptors (Lipinski definition) is 5. The van der Waals surface area contributed by atoms with Gasteiger partial charge < -0.3 is 4.74 Å². The third-order valence-corrected chi connectivity index (χ3v) is 7.99. The third kappa shape index (κ3) is 6.31. The maximum Gasteiger partial charge on any atom is 0.215 e. The molecule has 0 bridgehead atoms. The van der Waals surface area contributed by atoms with Crippen LogP contribution in [-0.4, -0.2) is 75.1 Å². The number of ketones is 1. The van der Waals surface area contributed by atoms with Gasteiger partial charge >= 0.3 is 0 Å². The van der Waals surface area contributed by atoms with Crippen molar-refractivity contribution in [3.63, 3.8) is 0 Å². The Morgan fingerprint density at radius 3 is 2.06 bits per heavy atom. The highest BCUT2D eigenvalue weighted by atomic mass is 32.2. The molecule has 0 spiro atoms. The van der Waals surface area contributed by atoms with E-state index in [-0.39, 0.29) is 35.6 Å². The molecular formula is C26H27F3N2O4S. The van der Waals surface area contributed by atoms with Crippen LogP contribution in [0.3, 0.4) is 0 Å². The number of aryl methyl sites for hydroxylation is 1. The maximum absolute atomic E-state index is 13.8. The Balaban J connectivity index is 1.66. The van der Waals surface area contributed by atoms with Crippen molar-refractivity contribution >= 4 is 28.0 Å². The molecule has 2 fully saturated rings. The summed E-state index contributed by atoms with van der Waals surface area (Å²) in [5, 5.41) is 0. The van der Waals surface area contributed by atoms with Crippen molar-refractivity contribution in [1.82, 2.24) is 9.21 Å². The number of carbonyl (C=O) groups is 1. The Kier molecular flexibility index (Phi) is 8.09. The summed E-state index contributed by atoms with van der Waals surface area (Å²) in [6.07, 6.45) is 2.91. The van der Waals surface area contributed by atoms with Crippen molar-refractivity contribution in [3.05, 3.63) is 81.7 Å². The Hall–Kier alpha value is -2.79. The zero-order valence-corrected chi connectivity index (χ0v) is 20.7. The second kappa shape index (κ2) is 11.1. The molecule has 0 saturated carbocycles. The van der Waals surface area contributed by atoms with Crippen molar-refractivity contribution in [1.29, 1.82) is 0 Å². The number of piperidine rings is 1. The first kappa shape index (κ1) is 26.3. The van der Waals surface area contributed by atoms with Crippen molar-refractivity contribution in [2.45, 2.75) is 6.92 Å². The smallest absolute Gasteiger partial charge is 0.215 e. The average Bonchev–Trinajstić information content (AvgIpc) is 2.85. The lowest BCUT2D eigenvalue weighted by Crippen LogP contribution is -2.45. The van der Waals surface area contributed by atoms with Crippen LogP contribution < -0.4 is 0 Å². The van der Waals surface area contributed by atoms with E-state index in [9.17, 15) is 26.4 Å². The van der Waals surface area contributed by atoms with Gasteiger partial charge in [-0.25, -0.2) is 21.6 Å². The van der Waals surface area contributed by atoms with Gasteiger partial charge in [0.25, 0.3) is 0 Å². The predicted molar refractivity (Wildman–Crippen MR) is 131 cm³/mol. The van der Waals surface area contributed by atoms with Crippen LogP contribution in [0.2, 0.25) is 0 Å². The van der Waals surface area contributed by atoms with E-state index >= 15 is 0 Å². The summed E-state index contributed by atoms with van der Waals surface area (Å²) in [7, 11) is -3.76. The summed E-state index contributed by atoms with van der Waals surface area (Å²) < 4.78 is 73.9. The number of nitrogens with zero attached hydrogens (tertiary/aromatic N) is 2. The van der Waals surface area contributed by atoms with Crippen molar-refractivity contribution in [2.24, 2.45) is 0 Å². The first-order valence-corrected chi connectivity index (χ1v) is 13.2. The summed E-state index contributed by atoms with van der Waals surface area (Å²) in [6, 6.07) is 7.58. The first-order chi connectivity index (χ1) is 17.1. The molecule has 10 heteroatoms. The SMILES string of the molecule is Cc1cc(/C=C2\CN(S(=O)(=O)CCN3CCOCC3)C/C(=C\c3ccc(F)c(F)c3)C2=O)ccc1F. The highest BCUT2D eigenvalue weighted by Crippen LogP contribution is 2.25. The number of ether oxygens (including phenoxy) is 1. The number of benzene rings is 2. The highest BCUT2D eigenvalue weighted by Gasteiger charge is 2.33. The van der Waals surface area contributed by atoms with Crippen molar-refractivity contribution in [3.8, 4) is 0 Å². The molecule has 0 unspecified atom stereocenters. The summed E-state index contributed by atoms with van der Waals surface area (Å²) in [5.74, 6) is -3.02. The molecule has 2 saturated heterocycles. The molecule has 2 aromatic carbocycles. The van der Waals surface area contributed by atoms with Crippen LogP contribution in [0.15, 0.2) is 47.5 Å². The zero-order valence-electron chi connectivity index (χ0n) is 19.8. The van der Waals surface area contributed by atoms with Crippen LogP contribution in [0, 0.1) is 24.4 Å². The fourth-order valence-electron chi connectivity index (χ4n) is 4.17. The van der Waals surface area contributed by atoms with E-state index in [0.29, 0.717) is 44.0 Å². The van der Waals surface area contributed by atoms with Gasteiger partial charge in [-0.05, 0) is 60.0 Å². The monoisotopic (exact) mass is 520 g/mol. The fraction of sp³-hybridized carbons (Fsp3) is 0.346. The molecule has 2 aliphatic rings. The molecule has 0 aliphatic carbocycles. The van der Waals surface area contributed by atoms with E-state index < -0.39 is 33.3 Å². The first-order valence-electron chi connectivity index (χ1n) is 11.6. The molecule has 0 amide bonds. The van der Waals surface area contributed by atoms with Gasteiger partial charge in [-0.2, -0.15) is 4.31 Å². The number of morpholine rings is 1. The molecule has 2 heterocycles. The molecule has 2 aliphatic heterocycles. The zero-order chi connectivity index (χ0) is 25.9. The van der Waals surface area contributed by atoms with Gasteiger partial charge in [0.1, 0.15) is 5.82 Å². The topological polar surface area (TPSA) is 66.9 Å². The van der Waals surface area contributed by atoms with Gasteiger partial charge in [0.15, 0.2) is 17.4 Å². The van der Waals surface area contributed by atoms with Gasteiger partial charge in [0.2, 0.25) is 10.0 Å². The summed E-state index contributed by atoms with van der Waals surface area (Å²) in [6.45, 7) is 3.96. The van der Waals surface area contributed by atoms with E-state index in [1.54, 1.807) is 13.0 Å². The Labute approximate surface area is 208 Å². The summed E-state index contributed by atoms with van der Waals surface area (Å²) >= 11 is 0. The lowest BCUT2D eigenvalue weighted by molar-refractivity contribution is -0.113. The standard InChI is InChI=1S/C26H27F3N2O4S/c1-18-12-19(2-4-23(18)27)13-21-16-31(36(33,34)11-8-30-6-9-35-10-7-30)17-22(26(21)32)14-20-3-5-24(28)25(29)15-20/h2-5,12-15H,6-11,16-17H2,1H3/b21-13+,22-14+. The minimum absolute atomic E-state index is 0.132. The molecule has 0 atom stereocenters. The lowest BCUT2D eigenvalue weighted by atomic mass is 9.95. The average molecular weight is 521 g/mol. The quantitative estimate of drug-likeness (QED) is 0.546. The highest BCUT2D eigenvalue weighted by molar-refractivity contribution is 7.89. The molecule has 0 N–H and O–H groups in total.